The summed E-state index contributed by atoms with van der Waals surface area (Å²) in [6, 6.07) is 17.6. The van der Waals surface area contributed by atoms with Crippen LogP contribution in [0.15, 0.2) is 65.8 Å². The highest BCUT2D eigenvalue weighted by Crippen LogP contribution is 2.23. The van der Waals surface area contributed by atoms with Crippen LogP contribution >= 0.6 is 11.8 Å². The minimum Gasteiger partial charge on any atom is -0.497 e. The van der Waals surface area contributed by atoms with Gasteiger partial charge >= 0.3 is 0 Å². The molecule has 0 aliphatic rings. The Bertz CT molecular complexity index is 1240. The van der Waals surface area contributed by atoms with Crippen molar-refractivity contribution in [1.29, 1.82) is 0 Å². The monoisotopic (exact) mass is 434 g/mol. The van der Waals surface area contributed by atoms with Crippen molar-refractivity contribution in [3.05, 3.63) is 66.2 Å². The quantitative estimate of drug-likeness (QED) is 0.428. The van der Waals surface area contributed by atoms with Crippen LogP contribution in [0.1, 0.15) is 10.4 Å². The lowest BCUT2D eigenvalue weighted by molar-refractivity contribution is -0.113. The molecule has 0 saturated carbocycles. The average Bonchev–Trinajstić information content (AvgIpc) is 3.20. The van der Waals surface area contributed by atoms with Gasteiger partial charge in [0, 0.05) is 16.8 Å². The number of amides is 2. The number of hydrogen-bond acceptors (Lipinski definition) is 7. The zero-order chi connectivity index (χ0) is 21.8. The maximum absolute atomic E-state index is 12.3. The molecule has 0 aliphatic carbocycles. The van der Waals surface area contributed by atoms with E-state index >= 15 is 0 Å². The van der Waals surface area contributed by atoms with E-state index in [1.165, 1.54) is 11.8 Å². The van der Waals surface area contributed by atoms with Gasteiger partial charge in [0.2, 0.25) is 17.0 Å². The number of carbonyl (C=O) groups excluding carboxylic acids is 2. The molecular weight excluding hydrogens is 416 g/mol. The lowest BCUT2D eigenvalue weighted by atomic mass is 10.1. The number of benzene rings is 2. The number of primary amides is 1. The molecule has 0 unspecified atom stereocenters. The average molecular weight is 434 g/mol. The van der Waals surface area contributed by atoms with Crippen LogP contribution in [0.25, 0.3) is 16.9 Å². The van der Waals surface area contributed by atoms with E-state index in [1.807, 2.05) is 36.4 Å². The predicted octanol–water partition coefficient (Wildman–Crippen LogP) is 2.63. The van der Waals surface area contributed by atoms with Gasteiger partial charge in [-0.2, -0.15) is 9.61 Å². The minimum atomic E-state index is -0.520. The van der Waals surface area contributed by atoms with Crippen molar-refractivity contribution in [2.24, 2.45) is 5.73 Å². The second-order valence-electron chi connectivity index (χ2n) is 6.48. The number of thioether (sulfide) groups is 1. The predicted molar refractivity (Wildman–Crippen MR) is 117 cm³/mol. The smallest absolute Gasteiger partial charge is 0.248 e. The number of nitrogens with zero attached hydrogens (tertiary/aromatic N) is 4. The summed E-state index contributed by atoms with van der Waals surface area (Å²) in [5.41, 5.74) is 8.42. The summed E-state index contributed by atoms with van der Waals surface area (Å²) in [5.74, 6) is 0.140. The van der Waals surface area contributed by atoms with Crippen LogP contribution in [0.3, 0.4) is 0 Å². The van der Waals surface area contributed by atoms with E-state index in [1.54, 1.807) is 35.9 Å². The van der Waals surface area contributed by atoms with Gasteiger partial charge in [-0.1, -0.05) is 11.8 Å². The van der Waals surface area contributed by atoms with Gasteiger partial charge in [-0.05, 0) is 60.7 Å². The molecular formula is C21H18N6O3S. The molecule has 9 nitrogen and oxygen atoms in total. The first-order chi connectivity index (χ1) is 15.0. The van der Waals surface area contributed by atoms with Crippen LogP contribution in [0, 0.1) is 0 Å². The molecule has 0 aliphatic heterocycles. The van der Waals surface area contributed by atoms with Gasteiger partial charge in [0.1, 0.15) is 5.75 Å². The van der Waals surface area contributed by atoms with E-state index < -0.39 is 5.91 Å². The Balaban J connectivity index is 1.45. The van der Waals surface area contributed by atoms with Crippen molar-refractivity contribution in [3.8, 4) is 17.0 Å². The fraction of sp³-hybridized carbons (Fsp3) is 0.0952. The van der Waals surface area contributed by atoms with Crippen molar-refractivity contribution in [2.75, 3.05) is 18.2 Å². The largest absolute Gasteiger partial charge is 0.497 e. The van der Waals surface area contributed by atoms with Gasteiger partial charge in [0.05, 0.1) is 18.6 Å². The summed E-state index contributed by atoms with van der Waals surface area (Å²) in [4.78, 5) is 23.4. The number of ether oxygens (including phenoxy) is 1. The van der Waals surface area contributed by atoms with Crippen molar-refractivity contribution in [3.63, 3.8) is 0 Å². The molecule has 0 bridgehead atoms. The van der Waals surface area contributed by atoms with Crippen molar-refractivity contribution in [1.82, 2.24) is 19.8 Å². The molecule has 4 rings (SSSR count). The summed E-state index contributed by atoms with van der Waals surface area (Å²) >= 11 is 1.22. The number of nitrogens with one attached hydrogen (secondary N) is 1. The van der Waals surface area contributed by atoms with Gasteiger partial charge in [-0.15, -0.1) is 10.2 Å². The lowest BCUT2D eigenvalue weighted by Crippen LogP contribution is -2.15. The number of carbonyl (C=O) groups is 2. The zero-order valence-electron chi connectivity index (χ0n) is 16.5. The highest BCUT2D eigenvalue weighted by Gasteiger charge is 2.12. The number of fused-ring (bicyclic) bond motifs is 1. The van der Waals surface area contributed by atoms with Crippen LogP contribution < -0.4 is 15.8 Å². The summed E-state index contributed by atoms with van der Waals surface area (Å²) in [6.07, 6.45) is 0. The molecule has 4 aromatic rings. The molecule has 2 heterocycles. The number of aromatic nitrogens is 4. The van der Waals surface area contributed by atoms with Crippen LogP contribution in [-0.2, 0) is 4.79 Å². The van der Waals surface area contributed by atoms with E-state index in [0.29, 0.717) is 22.1 Å². The van der Waals surface area contributed by atoms with Crippen LogP contribution in [-0.4, -0.2) is 44.5 Å². The van der Waals surface area contributed by atoms with Gasteiger partial charge < -0.3 is 15.8 Å². The Morgan fingerprint density at radius 2 is 1.77 bits per heavy atom. The first-order valence-corrected chi connectivity index (χ1v) is 10.2. The van der Waals surface area contributed by atoms with Gasteiger partial charge in [0.15, 0.2) is 5.65 Å². The minimum absolute atomic E-state index is 0.118. The Morgan fingerprint density at radius 3 is 2.45 bits per heavy atom. The molecule has 31 heavy (non-hydrogen) atoms. The number of anilines is 1. The standard InChI is InChI=1S/C21H18N6O3S/c1-30-16-8-4-13(5-9-16)17-10-11-18-24-25-21(27(18)26-17)31-12-19(28)23-15-6-2-14(3-7-15)20(22)29/h2-11H,12H2,1H3,(H2,22,29)(H,23,28). The second kappa shape index (κ2) is 8.84. The molecule has 0 fully saturated rings. The highest BCUT2D eigenvalue weighted by molar-refractivity contribution is 7.99. The Kier molecular flexibility index (Phi) is 5.80. The van der Waals surface area contributed by atoms with E-state index in [0.717, 1.165) is 17.0 Å². The molecule has 156 valence electrons. The third-order valence-electron chi connectivity index (χ3n) is 4.41. The molecule has 3 N–H and O–H groups in total. The maximum Gasteiger partial charge on any atom is 0.248 e. The zero-order valence-corrected chi connectivity index (χ0v) is 17.3. The summed E-state index contributed by atoms with van der Waals surface area (Å²) < 4.78 is 6.80. The highest BCUT2D eigenvalue weighted by atomic mass is 32.2. The summed E-state index contributed by atoms with van der Waals surface area (Å²) in [7, 11) is 1.62. The van der Waals surface area contributed by atoms with Crippen molar-refractivity contribution < 1.29 is 14.3 Å². The SMILES string of the molecule is COc1ccc(-c2ccc3nnc(SCC(=O)Nc4ccc(C(N)=O)cc4)n3n2)cc1. The maximum atomic E-state index is 12.3. The van der Waals surface area contributed by atoms with Crippen LogP contribution in [0.5, 0.6) is 5.75 Å². The number of rotatable bonds is 7. The molecule has 2 amide bonds. The van der Waals surface area contributed by atoms with Crippen LogP contribution in [0.4, 0.5) is 5.69 Å². The van der Waals surface area contributed by atoms with E-state index in [9.17, 15) is 9.59 Å². The van der Waals surface area contributed by atoms with E-state index in [2.05, 4.69) is 20.6 Å². The van der Waals surface area contributed by atoms with Crippen molar-refractivity contribution in [2.45, 2.75) is 5.16 Å². The topological polar surface area (TPSA) is 124 Å². The second-order valence-corrected chi connectivity index (χ2v) is 7.42. The first kappa shape index (κ1) is 20.4. The molecule has 0 radical (unpaired) electrons. The Hall–Kier alpha value is -3.92. The van der Waals surface area contributed by atoms with Crippen molar-refractivity contribution >= 4 is 34.9 Å². The van der Waals surface area contributed by atoms with E-state index in [-0.39, 0.29) is 11.7 Å². The Labute approximate surface area is 181 Å². The van der Waals surface area contributed by atoms with Gasteiger partial charge in [-0.25, -0.2) is 0 Å². The third-order valence-corrected chi connectivity index (χ3v) is 5.32. The molecule has 10 heteroatoms. The Morgan fingerprint density at radius 1 is 1.03 bits per heavy atom. The fourth-order valence-electron chi connectivity index (χ4n) is 2.82. The summed E-state index contributed by atoms with van der Waals surface area (Å²) in [5, 5.41) is 16.1. The third kappa shape index (κ3) is 4.64. The summed E-state index contributed by atoms with van der Waals surface area (Å²) in [6.45, 7) is 0. The number of nitrogens with two attached hydrogens (primary N) is 1. The lowest BCUT2D eigenvalue weighted by Gasteiger charge is -2.06. The van der Waals surface area contributed by atoms with Crippen LogP contribution in [0.2, 0.25) is 0 Å². The van der Waals surface area contributed by atoms with Gasteiger partial charge in [0.25, 0.3) is 0 Å². The van der Waals surface area contributed by atoms with E-state index in [4.69, 9.17) is 10.5 Å². The number of hydrogen-bond donors (Lipinski definition) is 2. The first-order valence-electron chi connectivity index (χ1n) is 9.23. The molecule has 0 atom stereocenters. The normalized spacial score (nSPS) is 10.7. The molecule has 2 aromatic carbocycles. The molecule has 0 saturated heterocycles. The fourth-order valence-corrected chi connectivity index (χ4v) is 3.51. The number of methoxy groups -OCH3 is 1. The molecule has 0 spiro atoms. The van der Waals surface area contributed by atoms with Gasteiger partial charge in [-0.3, -0.25) is 9.59 Å². The molecule has 2 aromatic heterocycles.